The van der Waals surface area contributed by atoms with Gasteiger partial charge in [0, 0.05) is 23.4 Å². The second-order valence-corrected chi connectivity index (χ2v) is 6.74. The van der Waals surface area contributed by atoms with Gasteiger partial charge >= 0.3 is 0 Å². The molecule has 5 heteroatoms. The van der Waals surface area contributed by atoms with Gasteiger partial charge in [0.15, 0.2) is 11.6 Å². The van der Waals surface area contributed by atoms with Crippen molar-refractivity contribution in [1.29, 1.82) is 0 Å². The van der Waals surface area contributed by atoms with Crippen LogP contribution in [0.3, 0.4) is 0 Å². The van der Waals surface area contributed by atoms with Crippen molar-refractivity contribution in [3.8, 4) is 0 Å². The number of carbonyl (C=O) groups excluding carboxylic acids is 1. The number of hydrogen-bond acceptors (Lipinski definition) is 4. The van der Waals surface area contributed by atoms with Crippen molar-refractivity contribution in [1.82, 2.24) is 14.5 Å². The van der Waals surface area contributed by atoms with Gasteiger partial charge in [0.1, 0.15) is 5.52 Å². The molecule has 2 heterocycles. The minimum Gasteiger partial charge on any atom is -0.382 e. The zero-order valence-corrected chi connectivity index (χ0v) is 14.0. The molecule has 2 N–H and O–H groups in total. The zero-order chi connectivity index (χ0) is 16.7. The molecular weight excluding hydrogens is 288 g/mol. The van der Waals surface area contributed by atoms with Gasteiger partial charge in [0.05, 0.1) is 17.4 Å². The molecule has 5 nitrogen and oxygen atoms in total. The Bertz CT molecular complexity index is 893. The number of ketones is 1. The Kier molecular flexibility index (Phi) is 3.80. The van der Waals surface area contributed by atoms with E-state index in [1.54, 1.807) is 0 Å². The van der Waals surface area contributed by atoms with Gasteiger partial charge < -0.3 is 10.3 Å². The van der Waals surface area contributed by atoms with Gasteiger partial charge in [-0.1, -0.05) is 33.8 Å². The molecule has 120 valence electrons. The molecule has 0 saturated carbocycles. The number of benzene rings is 1. The molecule has 0 aliphatic carbocycles. The van der Waals surface area contributed by atoms with Crippen LogP contribution in [0.2, 0.25) is 0 Å². The van der Waals surface area contributed by atoms with Gasteiger partial charge in [0.25, 0.3) is 0 Å². The van der Waals surface area contributed by atoms with E-state index in [9.17, 15) is 4.79 Å². The molecule has 0 saturated heterocycles. The number of rotatable bonds is 4. The van der Waals surface area contributed by atoms with Gasteiger partial charge in [-0.05, 0) is 18.1 Å². The molecule has 3 aromatic rings. The Morgan fingerprint density at radius 1 is 1.26 bits per heavy atom. The summed E-state index contributed by atoms with van der Waals surface area (Å²) in [6.07, 6.45) is 1.81. The highest BCUT2D eigenvalue weighted by atomic mass is 16.1. The Morgan fingerprint density at radius 2 is 2.00 bits per heavy atom. The monoisotopic (exact) mass is 310 g/mol. The van der Waals surface area contributed by atoms with Crippen molar-refractivity contribution in [2.75, 3.05) is 5.73 Å². The van der Waals surface area contributed by atoms with Crippen molar-refractivity contribution >= 4 is 33.5 Å². The van der Waals surface area contributed by atoms with Crippen LogP contribution >= 0.6 is 0 Å². The standard InChI is InChI=1S/C18H22N4O/c1-10(2)8-22-9-20-15-16(22)13-6-5-12(17(23)11(3)4)7-14(13)21-18(15)19/h5-7,9-11H,8H2,1-4H3,(H2,19,21). The highest BCUT2D eigenvalue weighted by Gasteiger charge is 2.16. The van der Waals surface area contributed by atoms with Crippen LogP contribution in [0.1, 0.15) is 38.1 Å². The minimum absolute atomic E-state index is 0.0417. The summed E-state index contributed by atoms with van der Waals surface area (Å²) >= 11 is 0. The van der Waals surface area contributed by atoms with E-state index < -0.39 is 0 Å². The van der Waals surface area contributed by atoms with E-state index in [1.165, 1.54) is 0 Å². The van der Waals surface area contributed by atoms with Crippen molar-refractivity contribution in [2.24, 2.45) is 11.8 Å². The van der Waals surface area contributed by atoms with Crippen LogP contribution in [-0.2, 0) is 6.54 Å². The molecule has 1 aromatic carbocycles. The maximum Gasteiger partial charge on any atom is 0.165 e. The minimum atomic E-state index is -0.0417. The Labute approximate surface area is 135 Å². The van der Waals surface area contributed by atoms with E-state index in [4.69, 9.17) is 5.73 Å². The number of nitrogens with two attached hydrogens (primary N) is 1. The Hall–Kier alpha value is -2.43. The fourth-order valence-corrected chi connectivity index (χ4v) is 2.88. The maximum absolute atomic E-state index is 12.2. The summed E-state index contributed by atoms with van der Waals surface area (Å²) in [6.45, 7) is 8.99. The molecule has 2 aromatic heterocycles. The van der Waals surface area contributed by atoms with Crippen LogP contribution in [0.4, 0.5) is 5.82 Å². The lowest BCUT2D eigenvalue weighted by Crippen LogP contribution is -2.08. The molecule has 0 aliphatic rings. The average Bonchev–Trinajstić information content (AvgIpc) is 2.90. The van der Waals surface area contributed by atoms with Crippen molar-refractivity contribution in [2.45, 2.75) is 34.2 Å². The number of carbonyl (C=O) groups is 1. The maximum atomic E-state index is 12.2. The first-order valence-electron chi connectivity index (χ1n) is 7.96. The third-order valence-corrected chi connectivity index (χ3v) is 3.94. The average molecular weight is 310 g/mol. The summed E-state index contributed by atoms with van der Waals surface area (Å²) in [7, 11) is 0. The summed E-state index contributed by atoms with van der Waals surface area (Å²) in [4.78, 5) is 21.1. The van der Waals surface area contributed by atoms with Crippen molar-refractivity contribution in [3.05, 3.63) is 30.1 Å². The smallest absolute Gasteiger partial charge is 0.165 e. The number of fused-ring (bicyclic) bond motifs is 3. The first-order valence-corrected chi connectivity index (χ1v) is 7.96. The van der Waals surface area contributed by atoms with Gasteiger partial charge in [-0.25, -0.2) is 9.97 Å². The third kappa shape index (κ3) is 2.67. The van der Waals surface area contributed by atoms with E-state index in [2.05, 4.69) is 28.4 Å². The summed E-state index contributed by atoms with van der Waals surface area (Å²) in [5.41, 5.74) is 9.21. The molecule has 0 amide bonds. The predicted octanol–water partition coefficient (Wildman–Crippen LogP) is 3.66. The van der Waals surface area contributed by atoms with Crippen LogP contribution < -0.4 is 5.73 Å². The van der Waals surface area contributed by atoms with Crippen LogP contribution in [0.15, 0.2) is 24.5 Å². The highest BCUT2D eigenvalue weighted by Crippen LogP contribution is 2.28. The van der Waals surface area contributed by atoms with Gasteiger partial charge in [-0.3, -0.25) is 4.79 Å². The van der Waals surface area contributed by atoms with E-state index in [1.807, 2.05) is 38.4 Å². The number of imidazole rings is 1. The first kappa shape index (κ1) is 15.5. The number of Topliss-reactive ketones (excluding diaryl/α,β-unsaturated/α-hetero) is 1. The molecule has 0 atom stereocenters. The normalized spacial score (nSPS) is 11.9. The molecule has 3 rings (SSSR count). The second-order valence-electron chi connectivity index (χ2n) is 6.74. The fraction of sp³-hybridized carbons (Fsp3) is 0.389. The number of nitrogen functional groups attached to an aromatic ring is 1. The van der Waals surface area contributed by atoms with Gasteiger partial charge in [-0.15, -0.1) is 0 Å². The molecule has 23 heavy (non-hydrogen) atoms. The highest BCUT2D eigenvalue weighted by molar-refractivity contribution is 6.09. The lowest BCUT2D eigenvalue weighted by atomic mass is 9.99. The summed E-state index contributed by atoms with van der Waals surface area (Å²) in [5, 5.41) is 0.979. The van der Waals surface area contributed by atoms with Crippen molar-refractivity contribution in [3.63, 3.8) is 0 Å². The van der Waals surface area contributed by atoms with Crippen LogP contribution in [0.25, 0.3) is 21.9 Å². The van der Waals surface area contributed by atoms with E-state index >= 15 is 0 Å². The molecule has 0 unspecified atom stereocenters. The SMILES string of the molecule is CC(C)Cn1cnc2c(N)nc3cc(C(=O)C(C)C)ccc3c21. The van der Waals surface area contributed by atoms with E-state index in [-0.39, 0.29) is 11.7 Å². The van der Waals surface area contributed by atoms with Gasteiger partial charge in [-0.2, -0.15) is 0 Å². The Balaban J connectivity index is 2.26. The topological polar surface area (TPSA) is 73.8 Å². The zero-order valence-electron chi connectivity index (χ0n) is 14.0. The number of anilines is 1. The number of pyridine rings is 1. The van der Waals surface area contributed by atoms with Crippen LogP contribution in [0.5, 0.6) is 0 Å². The second kappa shape index (κ2) is 5.65. The summed E-state index contributed by atoms with van der Waals surface area (Å²) in [5.74, 6) is 0.978. The van der Waals surface area contributed by atoms with Crippen LogP contribution in [0, 0.1) is 11.8 Å². The lowest BCUT2D eigenvalue weighted by Gasteiger charge is -2.11. The predicted molar refractivity (Wildman–Crippen MR) is 93.5 cm³/mol. The van der Waals surface area contributed by atoms with E-state index in [0.717, 1.165) is 28.5 Å². The fourth-order valence-electron chi connectivity index (χ4n) is 2.88. The molecule has 0 radical (unpaired) electrons. The van der Waals surface area contributed by atoms with Crippen molar-refractivity contribution < 1.29 is 4.79 Å². The number of hydrogen-bond donors (Lipinski definition) is 1. The molecule has 0 aliphatic heterocycles. The largest absolute Gasteiger partial charge is 0.382 e. The molecule has 0 bridgehead atoms. The lowest BCUT2D eigenvalue weighted by molar-refractivity contribution is 0.0939. The van der Waals surface area contributed by atoms with E-state index in [0.29, 0.717) is 17.3 Å². The van der Waals surface area contributed by atoms with Gasteiger partial charge in [0.2, 0.25) is 0 Å². The molecular formula is C18H22N4O. The quantitative estimate of drug-likeness (QED) is 0.746. The number of nitrogens with zero attached hydrogens (tertiary/aromatic N) is 3. The molecule has 0 fully saturated rings. The summed E-state index contributed by atoms with van der Waals surface area (Å²) < 4.78 is 2.12. The van der Waals surface area contributed by atoms with Crippen LogP contribution in [-0.4, -0.2) is 20.3 Å². The molecule has 0 spiro atoms. The third-order valence-electron chi connectivity index (χ3n) is 3.94. The first-order chi connectivity index (χ1) is 10.9. The Morgan fingerprint density at radius 3 is 2.65 bits per heavy atom. The number of aromatic nitrogens is 3. The summed E-state index contributed by atoms with van der Waals surface area (Å²) in [6, 6.07) is 5.66.